The molecule has 0 aliphatic rings. The van der Waals surface area contributed by atoms with E-state index < -0.39 is 29.5 Å². The Morgan fingerprint density at radius 2 is 1.65 bits per heavy atom. The molecule has 0 bridgehead atoms. The zero-order chi connectivity index (χ0) is 13.3. The van der Waals surface area contributed by atoms with Crippen LogP contribution in [0.15, 0.2) is 24.3 Å². The van der Waals surface area contributed by atoms with Gasteiger partial charge in [-0.05, 0) is 17.7 Å². The molecule has 0 aliphatic heterocycles. The van der Waals surface area contributed by atoms with Gasteiger partial charge in [-0.1, -0.05) is 12.1 Å². The van der Waals surface area contributed by atoms with Crippen LogP contribution in [0.25, 0.3) is 0 Å². The summed E-state index contributed by atoms with van der Waals surface area (Å²) in [6.45, 7) is 0. The van der Waals surface area contributed by atoms with Crippen LogP contribution in [0.5, 0.6) is 0 Å². The predicted octanol–water partition coefficient (Wildman–Crippen LogP) is 2.77. The highest BCUT2D eigenvalue weighted by Crippen LogP contribution is 2.35. The molecule has 0 spiro atoms. The van der Waals surface area contributed by atoms with Gasteiger partial charge in [0.15, 0.2) is 0 Å². The van der Waals surface area contributed by atoms with Crippen molar-refractivity contribution in [1.29, 1.82) is 0 Å². The normalized spacial score (nSPS) is 14.8. The van der Waals surface area contributed by atoms with Crippen molar-refractivity contribution in [2.24, 2.45) is 5.84 Å². The first-order valence-electron chi connectivity index (χ1n) is 4.36. The van der Waals surface area contributed by atoms with E-state index in [4.69, 9.17) is 5.84 Å². The molecule has 0 unspecified atom stereocenters. The summed E-state index contributed by atoms with van der Waals surface area (Å²) in [6, 6.07) is 0.595. The van der Waals surface area contributed by atoms with Crippen LogP contribution < -0.4 is 11.3 Å². The molecule has 0 radical (unpaired) electrons. The maximum atomic E-state index is 12.4. The van der Waals surface area contributed by atoms with E-state index in [1.165, 1.54) is 5.43 Å². The lowest BCUT2D eigenvalue weighted by Crippen LogP contribution is -2.38. The molecule has 0 saturated heterocycles. The molecule has 8 heteroatoms. The summed E-state index contributed by atoms with van der Waals surface area (Å²) in [4.78, 5) is 0. The molecule has 17 heavy (non-hydrogen) atoms. The van der Waals surface area contributed by atoms with Crippen molar-refractivity contribution in [2.75, 3.05) is 0 Å². The van der Waals surface area contributed by atoms with Crippen molar-refractivity contribution >= 4 is 0 Å². The van der Waals surface area contributed by atoms with Crippen LogP contribution in [-0.4, -0.2) is 6.18 Å². The molecule has 96 valence electrons. The summed E-state index contributed by atoms with van der Waals surface area (Å²) < 4.78 is 74.1. The summed E-state index contributed by atoms with van der Waals surface area (Å²) in [7, 11) is 0. The van der Waals surface area contributed by atoms with E-state index in [1.54, 1.807) is 0 Å². The van der Waals surface area contributed by atoms with Gasteiger partial charge in [-0.3, -0.25) is 5.84 Å². The van der Waals surface area contributed by atoms with E-state index in [0.717, 1.165) is 12.1 Å². The lowest BCUT2D eigenvalue weighted by atomic mass is 10.0. The molecular formula is C9H8F6N2. The maximum Gasteiger partial charge on any atom is 0.416 e. The monoisotopic (exact) mass is 258 g/mol. The van der Waals surface area contributed by atoms with E-state index in [0.29, 0.717) is 12.1 Å². The van der Waals surface area contributed by atoms with Crippen molar-refractivity contribution in [1.82, 2.24) is 5.43 Å². The third-order valence-electron chi connectivity index (χ3n) is 2.04. The lowest BCUT2D eigenvalue weighted by molar-refractivity contribution is -0.158. The highest BCUT2D eigenvalue weighted by molar-refractivity contribution is 5.28. The standard InChI is InChI=1S/C9H8F6N2/c10-8(11,12)6-3-1-2-5(4-6)7(17-16)9(13,14)15/h1-4,7,17H,16H2/t7-/m1/s1. The minimum Gasteiger partial charge on any atom is -0.271 e. The molecule has 0 aliphatic carbocycles. The average Bonchev–Trinajstić information content (AvgIpc) is 2.15. The Bertz CT molecular complexity index is 384. The molecule has 1 atom stereocenters. The van der Waals surface area contributed by atoms with Crippen molar-refractivity contribution in [3.63, 3.8) is 0 Å². The second-order valence-electron chi connectivity index (χ2n) is 3.26. The van der Waals surface area contributed by atoms with Gasteiger partial charge < -0.3 is 0 Å². The van der Waals surface area contributed by atoms with Crippen LogP contribution in [0, 0.1) is 0 Å². The van der Waals surface area contributed by atoms with Crippen LogP contribution in [0.3, 0.4) is 0 Å². The number of nitrogens with two attached hydrogens (primary N) is 1. The molecule has 0 aromatic heterocycles. The van der Waals surface area contributed by atoms with Crippen LogP contribution in [0.4, 0.5) is 26.3 Å². The Balaban J connectivity index is 3.15. The Morgan fingerprint density at radius 3 is 2.06 bits per heavy atom. The number of alkyl halides is 6. The van der Waals surface area contributed by atoms with Gasteiger partial charge in [0.1, 0.15) is 6.04 Å². The first-order valence-corrected chi connectivity index (χ1v) is 4.36. The number of hydrazine groups is 1. The quantitative estimate of drug-likeness (QED) is 0.486. The van der Waals surface area contributed by atoms with Gasteiger partial charge in [0, 0.05) is 0 Å². The second-order valence-corrected chi connectivity index (χ2v) is 3.26. The van der Waals surface area contributed by atoms with Gasteiger partial charge in [-0.25, -0.2) is 5.43 Å². The van der Waals surface area contributed by atoms with Gasteiger partial charge in [-0.15, -0.1) is 0 Å². The number of benzene rings is 1. The number of rotatable bonds is 2. The summed E-state index contributed by atoms with van der Waals surface area (Å²) >= 11 is 0. The Morgan fingerprint density at radius 1 is 1.06 bits per heavy atom. The molecule has 0 fully saturated rings. The largest absolute Gasteiger partial charge is 0.416 e. The van der Waals surface area contributed by atoms with Crippen molar-refractivity contribution in [3.8, 4) is 0 Å². The van der Waals surface area contributed by atoms with Crippen molar-refractivity contribution < 1.29 is 26.3 Å². The summed E-state index contributed by atoms with van der Waals surface area (Å²) in [5, 5.41) is 0. The van der Waals surface area contributed by atoms with Crippen LogP contribution in [0.2, 0.25) is 0 Å². The van der Waals surface area contributed by atoms with E-state index in [9.17, 15) is 26.3 Å². The van der Waals surface area contributed by atoms with Gasteiger partial charge in [-0.2, -0.15) is 26.3 Å². The molecule has 1 aromatic rings. The lowest BCUT2D eigenvalue weighted by Gasteiger charge is -2.20. The number of nitrogens with one attached hydrogen (secondary N) is 1. The Labute approximate surface area is 92.4 Å². The zero-order valence-electron chi connectivity index (χ0n) is 8.23. The first kappa shape index (κ1) is 13.8. The average molecular weight is 258 g/mol. The molecule has 1 aromatic carbocycles. The van der Waals surface area contributed by atoms with Gasteiger partial charge in [0.2, 0.25) is 0 Å². The van der Waals surface area contributed by atoms with Crippen molar-refractivity contribution in [2.45, 2.75) is 18.4 Å². The molecular weight excluding hydrogens is 250 g/mol. The molecule has 2 nitrogen and oxygen atoms in total. The Hall–Kier alpha value is -1.28. The van der Waals surface area contributed by atoms with E-state index in [2.05, 4.69) is 0 Å². The second kappa shape index (κ2) is 4.53. The van der Waals surface area contributed by atoms with Gasteiger partial charge in [0.25, 0.3) is 0 Å². The third-order valence-corrected chi connectivity index (χ3v) is 2.04. The summed E-state index contributed by atoms with van der Waals surface area (Å²) in [6.07, 6.45) is -9.46. The number of hydrogen-bond donors (Lipinski definition) is 2. The van der Waals surface area contributed by atoms with Crippen LogP contribution in [0.1, 0.15) is 17.2 Å². The topological polar surface area (TPSA) is 38.0 Å². The highest BCUT2D eigenvalue weighted by atomic mass is 19.4. The summed E-state index contributed by atoms with van der Waals surface area (Å²) in [5.41, 5.74) is -0.297. The van der Waals surface area contributed by atoms with Crippen LogP contribution >= 0.6 is 0 Å². The fourth-order valence-corrected chi connectivity index (χ4v) is 1.27. The van der Waals surface area contributed by atoms with Gasteiger partial charge in [0.05, 0.1) is 5.56 Å². The SMILES string of the molecule is NN[C@H](c1cccc(C(F)(F)F)c1)C(F)(F)F. The molecule has 0 heterocycles. The third kappa shape index (κ3) is 3.34. The molecule has 1 rings (SSSR count). The minimum atomic E-state index is -4.76. The number of hydrogen-bond acceptors (Lipinski definition) is 2. The minimum absolute atomic E-state index is 0.415. The van der Waals surface area contributed by atoms with E-state index in [1.807, 2.05) is 0 Å². The number of halogens is 6. The fourth-order valence-electron chi connectivity index (χ4n) is 1.27. The zero-order valence-corrected chi connectivity index (χ0v) is 8.23. The van der Waals surface area contributed by atoms with Gasteiger partial charge >= 0.3 is 12.4 Å². The smallest absolute Gasteiger partial charge is 0.271 e. The molecule has 3 N–H and O–H groups in total. The Kier molecular flexibility index (Phi) is 3.68. The van der Waals surface area contributed by atoms with Crippen LogP contribution in [-0.2, 0) is 6.18 Å². The van der Waals surface area contributed by atoms with E-state index in [-0.39, 0.29) is 0 Å². The summed E-state index contributed by atoms with van der Waals surface area (Å²) in [5.74, 6) is 4.70. The predicted molar refractivity (Wildman–Crippen MR) is 47.6 cm³/mol. The molecule has 0 amide bonds. The first-order chi connectivity index (χ1) is 7.66. The fraction of sp³-hybridized carbons (Fsp3) is 0.333. The maximum absolute atomic E-state index is 12.4. The molecule has 0 saturated carbocycles. The van der Waals surface area contributed by atoms with Crippen molar-refractivity contribution in [3.05, 3.63) is 35.4 Å². The van der Waals surface area contributed by atoms with E-state index >= 15 is 0 Å². The highest BCUT2D eigenvalue weighted by Gasteiger charge is 2.41.